The molecule has 25 heavy (non-hydrogen) atoms. The van der Waals surface area contributed by atoms with Crippen LogP contribution in [-0.2, 0) is 16.0 Å². The van der Waals surface area contributed by atoms with Gasteiger partial charge in [0.15, 0.2) is 0 Å². The summed E-state index contributed by atoms with van der Waals surface area (Å²) in [6.45, 7) is 7.83. The summed E-state index contributed by atoms with van der Waals surface area (Å²) in [7, 11) is 0. The Bertz CT molecular complexity index is 690. The number of rotatable bonds is 6. The molecule has 1 aliphatic rings. The summed E-state index contributed by atoms with van der Waals surface area (Å²) in [5, 5.41) is 0. The van der Waals surface area contributed by atoms with Gasteiger partial charge in [0.05, 0.1) is 6.42 Å². The number of para-hydroxylation sites is 1. The van der Waals surface area contributed by atoms with Gasteiger partial charge in [-0.05, 0) is 29.8 Å². The maximum absolute atomic E-state index is 11.6. The van der Waals surface area contributed by atoms with Crippen LogP contribution >= 0.6 is 0 Å². The molecule has 3 rings (SSSR count). The van der Waals surface area contributed by atoms with Gasteiger partial charge in [0, 0.05) is 37.6 Å². The normalized spacial score (nSPS) is 14.2. The Labute approximate surface area is 149 Å². The Morgan fingerprint density at radius 2 is 1.48 bits per heavy atom. The fourth-order valence-electron chi connectivity index (χ4n) is 3.06. The highest BCUT2D eigenvalue weighted by atomic mass is 16.5. The van der Waals surface area contributed by atoms with Crippen LogP contribution in [0.3, 0.4) is 0 Å². The molecule has 0 N–H and O–H groups in total. The van der Waals surface area contributed by atoms with E-state index >= 15 is 0 Å². The minimum absolute atomic E-state index is 0.218. The lowest BCUT2D eigenvalue weighted by Crippen LogP contribution is -2.46. The second-order valence-electron chi connectivity index (χ2n) is 6.12. The maximum atomic E-state index is 11.6. The molecule has 1 aliphatic heterocycles. The minimum Gasteiger partial charge on any atom is -0.461 e. The molecule has 0 amide bonds. The van der Waals surface area contributed by atoms with Crippen LogP contribution in [0.2, 0.25) is 0 Å². The van der Waals surface area contributed by atoms with E-state index in [0.717, 1.165) is 31.7 Å². The molecule has 130 valence electrons. The van der Waals surface area contributed by atoms with Crippen molar-refractivity contribution in [3.8, 4) is 0 Å². The van der Waals surface area contributed by atoms with Crippen LogP contribution < -0.4 is 9.80 Å². The molecule has 0 atom stereocenters. The molecule has 4 nitrogen and oxygen atoms in total. The molecule has 0 unspecified atom stereocenters. The second kappa shape index (κ2) is 8.38. The quantitative estimate of drug-likeness (QED) is 0.599. The SMILES string of the molecule is C=CCOC(=O)Cc1ccc(N2CCN(c3ccccc3)CC2)cc1. The lowest BCUT2D eigenvalue weighted by atomic mass is 10.1. The zero-order valence-electron chi connectivity index (χ0n) is 14.4. The van der Waals surface area contributed by atoms with Crippen LogP contribution in [0.15, 0.2) is 67.3 Å². The van der Waals surface area contributed by atoms with Crippen molar-refractivity contribution in [1.29, 1.82) is 0 Å². The number of anilines is 2. The van der Waals surface area contributed by atoms with Gasteiger partial charge in [0.1, 0.15) is 6.61 Å². The van der Waals surface area contributed by atoms with E-state index in [4.69, 9.17) is 4.74 Å². The molecule has 1 heterocycles. The Morgan fingerprint density at radius 3 is 2.04 bits per heavy atom. The largest absolute Gasteiger partial charge is 0.461 e. The van der Waals surface area contributed by atoms with Gasteiger partial charge in [-0.3, -0.25) is 4.79 Å². The van der Waals surface area contributed by atoms with E-state index in [2.05, 4.69) is 58.8 Å². The molecule has 0 radical (unpaired) electrons. The zero-order chi connectivity index (χ0) is 17.5. The second-order valence-corrected chi connectivity index (χ2v) is 6.12. The topological polar surface area (TPSA) is 32.8 Å². The van der Waals surface area contributed by atoms with Crippen LogP contribution in [0.4, 0.5) is 11.4 Å². The van der Waals surface area contributed by atoms with Gasteiger partial charge in [0.25, 0.3) is 0 Å². The molecule has 0 spiro atoms. The minimum atomic E-state index is -0.218. The first-order valence-corrected chi connectivity index (χ1v) is 8.66. The number of piperazine rings is 1. The van der Waals surface area contributed by atoms with E-state index < -0.39 is 0 Å². The Hall–Kier alpha value is -2.75. The first kappa shape index (κ1) is 17.1. The van der Waals surface area contributed by atoms with Crippen LogP contribution in [0.5, 0.6) is 0 Å². The predicted octanol–water partition coefficient (Wildman–Crippen LogP) is 3.28. The highest BCUT2D eigenvalue weighted by molar-refractivity contribution is 5.73. The molecule has 1 saturated heterocycles. The van der Waals surface area contributed by atoms with Crippen LogP contribution in [0.25, 0.3) is 0 Å². The molecule has 0 aromatic heterocycles. The first-order chi connectivity index (χ1) is 12.3. The van der Waals surface area contributed by atoms with E-state index in [0.29, 0.717) is 6.42 Å². The van der Waals surface area contributed by atoms with Crippen molar-refractivity contribution < 1.29 is 9.53 Å². The molecule has 0 bridgehead atoms. The number of carbonyl (C=O) groups is 1. The molecule has 0 aliphatic carbocycles. The first-order valence-electron chi connectivity index (χ1n) is 8.66. The molecule has 2 aromatic carbocycles. The van der Waals surface area contributed by atoms with E-state index in [-0.39, 0.29) is 12.6 Å². The van der Waals surface area contributed by atoms with Gasteiger partial charge < -0.3 is 14.5 Å². The smallest absolute Gasteiger partial charge is 0.310 e. The van der Waals surface area contributed by atoms with Crippen molar-refractivity contribution in [2.45, 2.75) is 6.42 Å². The van der Waals surface area contributed by atoms with Gasteiger partial charge in [0.2, 0.25) is 0 Å². The molecule has 1 fully saturated rings. The van der Waals surface area contributed by atoms with Gasteiger partial charge in [-0.2, -0.15) is 0 Å². The third-order valence-electron chi connectivity index (χ3n) is 4.41. The van der Waals surface area contributed by atoms with Gasteiger partial charge >= 0.3 is 5.97 Å². The van der Waals surface area contributed by atoms with E-state index in [1.54, 1.807) is 6.08 Å². The molecule has 4 heteroatoms. The molecular weight excluding hydrogens is 312 g/mol. The van der Waals surface area contributed by atoms with Crippen molar-refractivity contribution in [2.75, 3.05) is 42.6 Å². The zero-order valence-corrected chi connectivity index (χ0v) is 14.4. The van der Waals surface area contributed by atoms with Crippen molar-refractivity contribution in [2.24, 2.45) is 0 Å². The van der Waals surface area contributed by atoms with Crippen molar-refractivity contribution in [1.82, 2.24) is 0 Å². The summed E-state index contributed by atoms with van der Waals surface area (Å²) in [4.78, 5) is 16.4. The molecular formula is C21H24N2O2. The summed E-state index contributed by atoms with van der Waals surface area (Å²) in [6.07, 6.45) is 1.88. The van der Waals surface area contributed by atoms with Crippen molar-refractivity contribution in [3.63, 3.8) is 0 Å². The van der Waals surface area contributed by atoms with E-state index in [1.165, 1.54) is 11.4 Å². The number of ether oxygens (including phenoxy) is 1. The summed E-state index contributed by atoms with van der Waals surface area (Å²) >= 11 is 0. The standard InChI is InChI=1S/C21H24N2O2/c1-2-16-25-21(24)17-18-8-10-20(11-9-18)23-14-12-22(13-15-23)19-6-4-3-5-7-19/h2-11H,1,12-17H2. The Balaban J connectivity index is 1.53. The number of benzene rings is 2. The average Bonchev–Trinajstić information content (AvgIpc) is 2.68. The maximum Gasteiger partial charge on any atom is 0.310 e. The molecule has 0 saturated carbocycles. The predicted molar refractivity (Wildman–Crippen MR) is 102 cm³/mol. The van der Waals surface area contributed by atoms with Crippen molar-refractivity contribution in [3.05, 3.63) is 72.8 Å². The third kappa shape index (κ3) is 4.63. The summed E-state index contributed by atoms with van der Waals surface area (Å²) < 4.78 is 5.02. The fraction of sp³-hybridized carbons (Fsp3) is 0.286. The van der Waals surface area contributed by atoms with Crippen molar-refractivity contribution >= 4 is 17.3 Å². The summed E-state index contributed by atoms with van der Waals surface area (Å²) in [6, 6.07) is 18.7. The van der Waals surface area contributed by atoms with E-state index in [9.17, 15) is 4.79 Å². The lowest BCUT2D eigenvalue weighted by Gasteiger charge is -2.37. The summed E-state index contributed by atoms with van der Waals surface area (Å²) in [5.41, 5.74) is 3.46. The monoisotopic (exact) mass is 336 g/mol. The van der Waals surface area contributed by atoms with E-state index in [1.807, 2.05) is 12.1 Å². The van der Waals surface area contributed by atoms with Crippen LogP contribution in [0.1, 0.15) is 5.56 Å². The molecule has 2 aromatic rings. The highest BCUT2D eigenvalue weighted by Gasteiger charge is 2.17. The Kier molecular flexibility index (Phi) is 5.73. The number of hydrogen-bond donors (Lipinski definition) is 0. The van der Waals surface area contributed by atoms with Gasteiger partial charge in [-0.1, -0.05) is 43.0 Å². The third-order valence-corrected chi connectivity index (χ3v) is 4.41. The highest BCUT2D eigenvalue weighted by Crippen LogP contribution is 2.21. The average molecular weight is 336 g/mol. The van der Waals surface area contributed by atoms with Gasteiger partial charge in [-0.25, -0.2) is 0 Å². The fourth-order valence-corrected chi connectivity index (χ4v) is 3.06. The number of nitrogens with zero attached hydrogens (tertiary/aromatic N) is 2. The number of carbonyl (C=O) groups excluding carboxylic acids is 1. The number of esters is 1. The summed E-state index contributed by atoms with van der Waals surface area (Å²) in [5.74, 6) is -0.218. The number of hydrogen-bond acceptors (Lipinski definition) is 4. The van der Waals surface area contributed by atoms with Gasteiger partial charge in [-0.15, -0.1) is 0 Å². The Morgan fingerprint density at radius 1 is 0.920 bits per heavy atom. The van der Waals surface area contributed by atoms with Crippen LogP contribution in [0, 0.1) is 0 Å². The van der Waals surface area contributed by atoms with Crippen LogP contribution in [-0.4, -0.2) is 38.8 Å². The lowest BCUT2D eigenvalue weighted by molar-refractivity contribution is -0.141.